The fraction of sp³-hybridized carbons (Fsp3) is 0.391. The van der Waals surface area contributed by atoms with E-state index in [0.29, 0.717) is 38.5 Å². The van der Waals surface area contributed by atoms with E-state index in [0.717, 1.165) is 16.8 Å². The summed E-state index contributed by atoms with van der Waals surface area (Å²) in [6.07, 6.45) is -3.05. The molecule has 0 aliphatic carbocycles. The predicted octanol–water partition coefficient (Wildman–Crippen LogP) is 1.47. The molecule has 31 heavy (non-hydrogen) atoms. The maximum absolute atomic E-state index is 12.6. The number of nitrogens with zero attached hydrogens (tertiary/aromatic N) is 2. The summed E-state index contributed by atoms with van der Waals surface area (Å²) in [5.41, 5.74) is 3.32. The smallest absolute Gasteiger partial charge is 0.254 e. The van der Waals surface area contributed by atoms with E-state index in [9.17, 15) is 19.8 Å². The summed E-state index contributed by atoms with van der Waals surface area (Å²) in [5, 5.41) is 22.6. The molecule has 2 atom stereocenters. The van der Waals surface area contributed by atoms with E-state index in [2.05, 4.69) is 34.5 Å². The highest BCUT2D eigenvalue weighted by Crippen LogP contribution is 2.25. The van der Waals surface area contributed by atoms with Crippen LogP contribution in [0.25, 0.3) is 11.1 Å². The Morgan fingerprint density at radius 3 is 2.29 bits per heavy atom. The topological polar surface area (TPSA) is 93.1 Å². The van der Waals surface area contributed by atoms with Gasteiger partial charge in [-0.15, -0.1) is 11.6 Å². The molecule has 2 aromatic carbocycles. The average Bonchev–Trinajstić information content (AvgIpc) is 2.83. The number of aliphatic hydroxyl groups is 2. The van der Waals surface area contributed by atoms with Gasteiger partial charge in [-0.3, -0.25) is 9.59 Å². The Hall–Kier alpha value is -2.61. The van der Waals surface area contributed by atoms with E-state index in [-0.39, 0.29) is 6.54 Å². The maximum Gasteiger partial charge on any atom is 0.254 e. The van der Waals surface area contributed by atoms with Gasteiger partial charge in [0.25, 0.3) is 11.8 Å². The molecule has 1 aliphatic heterocycles. The molecule has 0 aromatic heterocycles. The first-order chi connectivity index (χ1) is 15.0. The summed E-state index contributed by atoms with van der Waals surface area (Å²) >= 11 is 5.55. The lowest BCUT2D eigenvalue weighted by Gasteiger charge is -2.37. The van der Waals surface area contributed by atoms with E-state index in [1.54, 1.807) is 0 Å². The fourth-order valence-corrected chi connectivity index (χ4v) is 3.68. The summed E-state index contributed by atoms with van der Waals surface area (Å²) < 4.78 is 0. The highest BCUT2D eigenvalue weighted by Gasteiger charge is 2.34. The van der Waals surface area contributed by atoms with Crippen molar-refractivity contribution < 1.29 is 19.8 Å². The van der Waals surface area contributed by atoms with Crippen LogP contribution in [-0.2, 0) is 9.59 Å². The number of anilines is 1. The molecule has 2 aromatic rings. The van der Waals surface area contributed by atoms with Gasteiger partial charge in [-0.05, 0) is 29.7 Å². The van der Waals surface area contributed by atoms with Crippen molar-refractivity contribution in [3.05, 3.63) is 54.6 Å². The number of halogens is 1. The van der Waals surface area contributed by atoms with Crippen LogP contribution in [0.2, 0.25) is 0 Å². The summed E-state index contributed by atoms with van der Waals surface area (Å²) in [5.74, 6) is -1.05. The van der Waals surface area contributed by atoms with Crippen LogP contribution in [0.5, 0.6) is 0 Å². The van der Waals surface area contributed by atoms with Crippen LogP contribution >= 0.6 is 11.6 Å². The molecule has 1 aliphatic rings. The van der Waals surface area contributed by atoms with Crippen LogP contribution in [0.1, 0.15) is 6.42 Å². The number of carbonyl (C=O) groups excluding carboxylic acids is 2. The SMILES string of the molecule is O=C(NCCCCl)[C@H](O)[C@@H](O)C(=O)N1CCN(c2cccc(-c3ccccc3)c2)CC1. The molecule has 3 rings (SSSR count). The van der Waals surface area contributed by atoms with Crippen molar-refractivity contribution in [1.82, 2.24) is 10.2 Å². The quantitative estimate of drug-likeness (QED) is 0.422. The van der Waals surface area contributed by atoms with E-state index >= 15 is 0 Å². The van der Waals surface area contributed by atoms with Crippen LogP contribution < -0.4 is 10.2 Å². The second-order valence-electron chi connectivity index (χ2n) is 7.45. The van der Waals surface area contributed by atoms with Crippen LogP contribution in [-0.4, -0.2) is 77.7 Å². The van der Waals surface area contributed by atoms with Crippen LogP contribution in [0.3, 0.4) is 0 Å². The van der Waals surface area contributed by atoms with Crippen LogP contribution in [0, 0.1) is 0 Å². The third-order valence-corrected chi connectivity index (χ3v) is 5.61. The van der Waals surface area contributed by atoms with Crippen molar-refractivity contribution in [2.75, 3.05) is 43.5 Å². The molecule has 0 saturated carbocycles. The molecule has 0 spiro atoms. The Kier molecular flexibility index (Phi) is 8.28. The van der Waals surface area contributed by atoms with Gasteiger partial charge in [0.2, 0.25) is 0 Å². The molecule has 0 radical (unpaired) electrons. The number of rotatable bonds is 8. The summed E-state index contributed by atoms with van der Waals surface area (Å²) in [7, 11) is 0. The highest BCUT2D eigenvalue weighted by molar-refractivity contribution is 6.17. The molecule has 1 saturated heterocycles. The number of hydrogen-bond donors (Lipinski definition) is 3. The van der Waals surface area contributed by atoms with Crippen molar-refractivity contribution in [2.45, 2.75) is 18.6 Å². The van der Waals surface area contributed by atoms with Crippen LogP contribution in [0.4, 0.5) is 5.69 Å². The van der Waals surface area contributed by atoms with E-state index in [1.165, 1.54) is 4.90 Å². The highest BCUT2D eigenvalue weighted by atomic mass is 35.5. The van der Waals surface area contributed by atoms with Crippen molar-refractivity contribution in [2.24, 2.45) is 0 Å². The molecule has 2 amide bonds. The van der Waals surface area contributed by atoms with E-state index < -0.39 is 24.0 Å². The fourth-order valence-electron chi connectivity index (χ4n) is 3.55. The zero-order valence-corrected chi connectivity index (χ0v) is 18.0. The van der Waals surface area contributed by atoms with Gasteiger partial charge in [0.15, 0.2) is 12.2 Å². The third kappa shape index (κ3) is 5.97. The van der Waals surface area contributed by atoms with Gasteiger partial charge in [0, 0.05) is 44.3 Å². The molecule has 0 bridgehead atoms. The zero-order chi connectivity index (χ0) is 22.2. The minimum Gasteiger partial charge on any atom is -0.380 e. The van der Waals surface area contributed by atoms with Crippen molar-refractivity contribution in [1.29, 1.82) is 0 Å². The van der Waals surface area contributed by atoms with Gasteiger partial charge >= 0.3 is 0 Å². The van der Waals surface area contributed by atoms with Gasteiger partial charge in [-0.2, -0.15) is 0 Å². The predicted molar refractivity (Wildman–Crippen MR) is 121 cm³/mol. The standard InChI is InChI=1S/C23H28ClN3O4/c24-10-5-11-25-22(30)20(28)21(29)23(31)27-14-12-26(13-15-27)19-9-4-8-18(16-19)17-6-2-1-3-7-17/h1-4,6-9,16,20-21,28-29H,5,10-15H2,(H,25,30)/t20-,21-/m1/s1. The van der Waals surface area contributed by atoms with Gasteiger partial charge in [0.05, 0.1) is 0 Å². The molecule has 8 heteroatoms. The molecule has 1 heterocycles. The monoisotopic (exact) mass is 445 g/mol. The number of alkyl halides is 1. The molecule has 0 unspecified atom stereocenters. The number of benzene rings is 2. The van der Waals surface area contributed by atoms with E-state index in [4.69, 9.17) is 11.6 Å². The first kappa shape index (κ1) is 23.1. The Morgan fingerprint density at radius 1 is 0.935 bits per heavy atom. The third-order valence-electron chi connectivity index (χ3n) is 5.34. The molecule has 3 N–H and O–H groups in total. The molecular weight excluding hydrogens is 418 g/mol. The number of carbonyl (C=O) groups is 2. The number of nitrogens with one attached hydrogen (secondary N) is 1. The van der Waals surface area contributed by atoms with Crippen molar-refractivity contribution in [3.63, 3.8) is 0 Å². The average molecular weight is 446 g/mol. The largest absolute Gasteiger partial charge is 0.380 e. The Bertz CT molecular complexity index is 872. The Balaban J connectivity index is 1.55. The number of amides is 2. The number of aliphatic hydroxyl groups excluding tert-OH is 2. The van der Waals surface area contributed by atoms with Gasteiger partial charge in [0.1, 0.15) is 0 Å². The summed E-state index contributed by atoms with van der Waals surface area (Å²) in [6, 6.07) is 18.4. The molecular formula is C23H28ClN3O4. The minimum absolute atomic E-state index is 0.279. The number of hydrogen-bond acceptors (Lipinski definition) is 5. The summed E-state index contributed by atoms with van der Waals surface area (Å²) in [4.78, 5) is 28.1. The van der Waals surface area contributed by atoms with Crippen molar-refractivity contribution in [3.8, 4) is 11.1 Å². The maximum atomic E-state index is 12.6. The lowest BCUT2D eigenvalue weighted by Crippen LogP contribution is -2.55. The van der Waals surface area contributed by atoms with Gasteiger partial charge in [-0.25, -0.2) is 0 Å². The molecule has 7 nitrogen and oxygen atoms in total. The second-order valence-corrected chi connectivity index (χ2v) is 7.83. The normalized spacial score (nSPS) is 16.0. The molecule has 166 valence electrons. The van der Waals surface area contributed by atoms with Gasteiger partial charge in [-0.1, -0.05) is 42.5 Å². The summed E-state index contributed by atoms with van der Waals surface area (Å²) in [6.45, 7) is 2.25. The lowest BCUT2D eigenvalue weighted by molar-refractivity contribution is -0.153. The van der Waals surface area contributed by atoms with Crippen LogP contribution in [0.15, 0.2) is 54.6 Å². The Labute approximate surface area is 187 Å². The lowest BCUT2D eigenvalue weighted by atomic mass is 10.0. The van der Waals surface area contributed by atoms with Crippen molar-refractivity contribution >= 4 is 29.1 Å². The van der Waals surface area contributed by atoms with E-state index in [1.807, 2.05) is 30.3 Å². The molecule has 1 fully saturated rings. The zero-order valence-electron chi connectivity index (χ0n) is 17.3. The first-order valence-electron chi connectivity index (χ1n) is 10.4. The van der Waals surface area contributed by atoms with Gasteiger partial charge < -0.3 is 25.3 Å². The first-order valence-corrected chi connectivity index (χ1v) is 10.9. The number of piperazine rings is 1. The second kappa shape index (κ2) is 11.1. The Morgan fingerprint density at radius 2 is 1.61 bits per heavy atom. The minimum atomic E-state index is -1.80.